The van der Waals surface area contributed by atoms with E-state index in [2.05, 4.69) is 20.6 Å². The van der Waals surface area contributed by atoms with Gasteiger partial charge in [0.2, 0.25) is 11.6 Å². The largest absolute Gasteiger partial charge is 0.416 e. The number of nitrogens with one attached hydrogen (secondary N) is 2. The van der Waals surface area contributed by atoms with Gasteiger partial charge >= 0.3 is 11.9 Å². The Labute approximate surface area is 174 Å². The zero-order valence-corrected chi connectivity index (χ0v) is 16.3. The smallest absolute Gasteiger partial charge is 0.360 e. The monoisotopic (exact) mass is 437 g/mol. The summed E-state index contributed by atoms with van der Waals surface area (Å²) in [5.74, 6) is -0.371. The first-order valence-electron chi connectivity index (χ1n) is 8.57. The number of hydrogen-bond acceptors (Lipinski definition) is 6. The Morgan fingerprint density at radius 1 is 1.10 bits per heavy atom. The highest BCUT2D eigenvalue weighted by atomic mass is 35.5. The zero-order valence-electron chi connectivity index (χ0n) is 15.5. The second-order valence-corrected chi connectivity index (χ2v) is 6.74. The van der Waals surface area contributed by atoms with E-state index in [0.29, 0.717) is 0 Å². The van der Waals surface area contributed by atoms with Crippen LogP contribution >= 0.6 is 11.6 Å². The van der Waals surface area contributed by atoms with Gasteiger partial charge in [-0.3, -0.25) is 10.1 Å². The Morgan fingerprint density at radius 2 is 1.77 bits per heavy atom. The van der Waals surface area contributed by atoms with Gasteiger partial charge in [0, 0.05) is 6.54 Å². The minimum absolute atomic E-state index is 0.0509. The molecule has 7 nitrogen and oxygen atoms in total. The number of hydrogen-bond donors (Lipinski definition) is 2. The van der Waals surface area contributed by atoms with E-state index in [1.54, 1.807) is 0 Å². The third kappa shape index (κ3) is 4.95. The van der Waals surface area contributed by atoms with Gasteiger partial charge in [-0.25, -0.2) is 9.97 Å². The van der Waals surface area contributed by atoms with Gasteiger partial charge in [0.05, 0.1) is 21.2 Å². The molecule has 1 aromatic heterocycles. The second-order valence-electron chi connectivity index (χ2n) is 6.33. The molecule has 3 aromatic rings. The molecule has 0 spiro atoms. The molecule has 0 saturated carbocycles. The van der Waals surface area contributed by atoms with Crippen LogP contribution in [0, 0.1) is 17.0 Å². The lowest BCUT2D eigenvalue weighted by atomic mass is 10.1. The Hall–Kier alpha value is -3.40. The number of nitrogens with zero attached hydrogens (tertiary/aromatic N) is 3. The quantitative estimate of drug-likeness (QED) is 0.378. The van der Waals surface area contributed by atoms with Crippen LogP contribution in [0.1, 0.15) is 16.7 Å². The lowest BCUT2D eigenvalue weighted by molar-refractivity contribution is -0.383. The summed E-state index contributed by atoms with van der Waals surface area (Å²) in [5.41, 5.74) is 0.292. The minimum atomic E-state index is -4.60. The third-order valence-electron chi connectivity index (χ3n) is 4.13. The number of nitro groups is 1. The predicted molar refractivity (Wildman–Crippen MR) is 107 cm³/mol. The molecular weight excluding hydrogens is 423 g/mol. The zero-order chi connectivity index (χ0) is 21.9. The van der Waals surface area contributed by atoms with Gasteiger partial charge in [0.25, 0.3) is 0 Å². The number of rotatable bonds is 6. The van der Waals surface area contributed by atoms with E-state index in [9.17, 15) is 23.3 Å². The molecule has 0 bridgehead atoms. The molecule has 0 radical (unpaired) electrons. The van der Waals surface area contributed by atoms with Crippen molar-refractivity contribution >= 4 is 34.6 Å². The van der Waals surface area contributed by atoms with Crippen molar-refractivity contribution < 1.29 is 18.1 Å². The van der Waals surface area contributed by atoms with Crippen molar-refractivity contribution in [3.05, 3.63) is 80.6 Å². The number of anilines is 3. The van der Waals surface area contributed by atoms with Crippen LogP contribution in [0.2, 0.25) is 5.02 Å². The highest BCUT2D eigenvalue weighted by Gasteiger charge is 2.31. The van der Waals surface area contributed by atoms with E-state index in [4.69, 9.17) is 11.6 Å². The van der Waals surface area contributed by atoms with E-state index in [0.717, 1.165) is 35.7 Å². The predicted octanol–water partition coefficient (Wildman–Crippen LogP) is 5.72. The Balaban J connectivity index is 1.91. The summed E-state index contributed by atoms with van der Waals surface area (Å²) in [7, 11) is 0. The molecule has 30 heavy (non-hydrogen) atoms. The molecular formula is C19H15ClF3N5O2. The number of halogens is 4. The normalized spacial score (nSPS) is 11.2. The minimum Gasteiger partial charge on any atom is -0.360 e. The topological polar surface area (TPSA) is 93.0 Å². The van der Waals surface area contributed by atoms with Crippen molar-refractivity contribution in [2.45, 2.75) is 19.6 Å². The maximum absolute atomic E-state index is 13.0. The first-order chi connectivity index (χ1) is 14.1. The lowest BCUT2D eigenvalue weighted by Gasteiger charge is -2.13. The van der Waals surface area contributed by atoms with Crippen LogP contribution in [0.25, 0.3) is 0 Å². The molecule has 0 unspecified atom stereocenters. The number of aryl methyl sites for hydroxylation is 1. The number of benzene rings is 2. The fraction of sp³-hybridized carbons (Fsp3) is 0.158. The molecule has 0 atom stereocenters. The standard InChI is InChI=1S/C19H15ClF3N5O2/c1-11-2-4-12(5-3-11)9-24-17-16(28(29)30)18(26-10-25-17)27-15-8-13(19(21,22)23)6-7-14(15)20/h2-8,10H,9H2,1H3,(H2,24,25,26,27). The van der Waals surface area contributed by atoms with E-state index >= 15 is 0 Å². The van der Waals surface area contributed by atoms with E-state index < -0.39 is 22.4 Å². The number of aromatic nitrogens is 2. The maximum Gasteiger partial charge on any atom is 0.416 e. The first kappa shape index (κ1) is 21.3. The van der Waals surface area contributed by atoms with Crippen molar-refractivity contribution in [2.75, 3.05) is 10.6 Å². The molecule has 2 N–H and O–H groups in total. The van der Waals surface area contributed by atoms with Gasteiger partial charge in [0.1, 0.15) is 6.33 Å². The van der Waals surface area contributed by atoms with Crippen molar-refractivity contribution in [2.24, 2.45) is 0 Å². The van der Waals surface area contributed by atoms with E-state index in [1.807, 2.05) is 31.2 Å². The van der Waals surface area contributed by atoms with Gasteiger partial charge < -0.3 is 10.6 Å². The van der Waals surface area contributed by atoms with E-state index in [1.165, 1.54) is 0 Å². The number of alkyl halides is 3. The summed E-state index contributed by atoms with van der Waals surface area (Å²) in [6.07, 6.45) is -3.53. The highest BCUT2D eigenvalue weighted by Crippen LogP contribution is 2.37. The molecule has 11 heteroatoms. The van der Waals surface area contributed by atoms with Crippen molar-refractivity contribution in [3.63, 3.8) is 0 Å². The molecule has 2 aromatic carbocycles. The van der Waals surface area contributed by atoms with Crippen molar-refractivity contribution in [1.82, 2.24) is 9.97 Å². The molecule has 0 aliphatic heterocycles. The summed E-state index contributed by atoms with van der Waals surface area (Å²) in [6, 6.07) is 10.1. The molecule has 3 rings (SSSR count). The van der Waals surface area contributed by atoms with Gasteiger partial charge in [-0.05, 0) is 30.7 Å². The lowest BCUT2D eigenvalue weighted by Crippen LogP contribution is -2.09. The Kier molecular flexibility index (Phi) is 6.06. The molecule has 0 aliphatic rings. The summed E-state index contributed by atoms with van der Waals surface area (Å²) < 4.78 is 38.9. The second kappa shape index (κ2) is 8.54. The maximum atomic E-state index is 13.0. The fourth-order valence-electron chi connectivity index (χ4n) is 2.59. The third-order valence-corrected chi connectivity index (χ3v) is 4.46. The molecule has 156 valence electrons. The summed E-state index contributed by atoms with van der Waals surface area (Å²) >= 11 is 5.96. The SMILES string of the molecule is Cc1ccc(CNc2ncnc(Nc3cc(C(F)(F)F)ccc3Cl)c2[N+](=O)[O-])cc1. The molecule has 0 aliphatic carbocycles. The van der Waals surface area contributed by atoms with Crippen LogP contribution in [-0.4, -0.2) is 14.9 Å². The van der Waals surface area contributed by atoms with Crippen molar-refractivity contribution in [1.29, 1.82) is 0 Å². The Morgan fingerprint density at radius 3 is 2.40 bits per heavy atom. The molecule has 0 amide bonds. The van der Waals surface area contributed by atoms with Gasteiger partial charge in [-0.1, -0.05) is 41.4 Å². The molecule has 0 fully saturated rings. The summed E-state index contributed by atoms with van der Waals surface area (Å²) in [4.78, 5) is 18.6. The van der Waals surface area contributed by atoms with Crippen LogP contribution < -0.4 is 10.6 Å². The van der Waals surface area contributed by atoms with Gasteiger partial charge in [-0.15, -0.1) is 0 Å². The van der Waals surface area contributed by atoms with Crippen molar-refractivity contribution in [3.8, 4) is 0 Å². The molecule has 0 saturated heterocycles. The van der Waals surface area contributed by atoms with Crippen LogP contribution in [0.4, 0.5) is 36.2 Å². The van der Waals surface area contributed by atoms with Crippen LogP contribution in [-0.2, 0) is 12.7 Å². The highest BCUT2D eigenvalue weighted by molar-refractivity contribution is 6.33. The van der Waals surface area contributed by atoms with Gasteiger partial charge in [0.15, 0.2) is 0 Å². The average molecular weight is 438 g/mol. The molecule has 1 heterocycles. The average Bonchev–Trinajstić information content (AvgIpc) is 2.68. The van der Waals surface area contributed by atoms with Gasteiger partial charge in [-0.2, -0.15) is 13.2 Å². The first-order valence-corrected chi connectivity index (χ1v) is 8.95. The van der Waals surface area contributed by atoms with Crippen LogP contribution in [0.3, 0.4) is 0 Å². The van der Waals surface area contributed by atoms with Crippen LogP contribution in [0.5, 0.6) is 0 Å². The summed E-state index contributed by atoms with van der Waals surface area (Å²) in [6.45, 7) is 2.19. The summed E-state index contributed by atoms with van der Waals surface area (Å²) in [5, 5.41) is 17.0. The fourth-order valence-corrected chi connectivity index (χ4v) is 2.75. The van der Waals surface area contributed by atoms with E-state index in [-0.39, 0.29) is 28.9 Å². The van der Waals surface area contributed by atoms with Crippen LogP contribution in [0.15, 0.2) is 48.8 Å². The Bertz CT molecular complexity index is 1070.